The quantitative estimate of drug-likeness (QED) is 0.0741. The molecule has 0 bridgehead atoms. The largest absolute Gasteiger partial charge is 0.364 e. The highest BCUT2D eigenvalue weighted by Gasteiger charge is 2.35. The highest BCUT2D eigenvalue weighted by Crippen LogP contribution is 2.40. The van der Waals surface area contributed by atoms with E-state index in [9.17, 15) is 49.8 Å². The Bertz CT molecular complexity index is 1650. The van der Waals surface area contributed by atoms with Crippen LogP contribution in [0.5, 0.6) is 0 Å². The monoisotopic (exact) mass is 626 g/mol. The van der Waals surface area contributed by atoms with E-state index in [1.807, 2.05) is 0 Å². The SMILES string of the molecule is C=C(C)C(=O)Nc1c(F)c(F)c(-c2c(F)c(F)c(NC(=O)/C=C/c3ccc(COC(O)C(=C)C)cc3)c(F)c2F)c(F)c1F. The first-order valence-corrected chi connectivity index (χ1v) is 12.3. The van der Waals surface area contributed by atoms with Crippen LogP contribution in [0.1, 0.15) is 25.0 Å². The minimum absolute atomic E-state index is 0.0208. The first-order valence-electron chi connectivity index (χ1n) is 12.3. The molecule has 3 rings (SSSR count). The number of anilines is 2. The molecule has 3 N–H and O–H groups in total. The molecule has 3 aromatic carbocycles. The van der Waals surface area contributed by atoms with Crippen LogP contribution in [0.4, 0.5) is 46.5 Å². The molecule has 1 unspecified atom stereocenters. The molecule has 0 aliphatic carbocycles. The Morgan fingerprint density at radius 3 is 1.61 bits per heavy atom. The van der Waals surface area contributed by atoms with Gasteiger partial charge in [-0.05, 0) is 36.6 Å². The van der Waals surface area contributed by atoms with Crippen molar-refractivity contribution in [3.05, 3.63) is 112 Å². The van der Waals surface area contributed by atoms with Crippen molar-refractivity contribution in [1.29, 1.82) is 0 Å². The van der Waals surface area contributed by atoms with Crippen LogP contribution in [0.2, 0.25) is 0 Å². The second-order valence-electron chi connectivity index (χ2n) is 9.32. The van der Waals surface area contributed by atoms with Crippen LogP contribution in [-0.2, 0) is 20.9 Å². The van der Waals surface area contributed by atoms with Crippen molar-refractivity contribution in [2.75, 3.05) is 10.6 Å². The van der Waals surface area contributed by atoms with Crippen LogP contribution in [-0.4, -0.2) is 23.2 Å². The molecule has 0 fully saturated rings. The first-order chi connectivity index (χ1) is 20.6. The molecular weight excluding hydrogens is 604 g/mol. The smallest absolute Gasteiger partial charge is 0.250 e. The van der Waals surface area contributed by atoms with E-state index in [0.717, 1.165) is 19.1 Å². The number of carbonyl (C=O) groups excluding carboxylic acids is 2. The Hall–Kier alpha value is -4.82. The van der Waals surface area contributed by atoms with E-state index in [0.29, 0.717) is 16.7 Å². The Morgan fingerprint density at radius 2 is 1.20 bits per heavy atom. The molecule has 0 aliphatic rings. The van der Waals surface area contributed by atoms with E-state index in [1.165, 1.54) is 17.4 Å². The first kappa shape index (κ1) is 33.7. The molecule has 6 nitrogen and oxygen atoms in total. The van der Waals surface area contributed by atoms with E-state index in [-0.39, 0.29) is 12.2 Å². The predicted octanol–water partition coefficient (Wildman–Crippen LogP) is 7.04. The molecule has 0 aliphatic heterocycles. The average Bonchev–Trinajstić information content (AvgIpc) is 2.99. The van der Waals surface area contributed by atoms with Crippen molar-refractivity contribution >= 4 is 29.3 Å². The number of aliphatic hydroxyl groups excluding tert-OH is 1. The zero-order chi connectivity index (χ0) is 33.0. The minimum Gasteiger partial charge on any atom is -0.364 e. The Kier molecular flexibility index (Phi) is 10.4. The van der Waals surface area contributed by atoms with Gasteiger partial charge >= 0.3 is 0 Å². The van der Waals surface area contributed by atoms with Crippen molar-refractivity contribution in [1.82, 2.24) is 0 Å². The fraction of sp³-hybridized carbons (Fsp3) is 0.133. The van der Waals surface area contributed by atoms with Gasteiger partial charge < -0.3 is 20.5 Å². The van der Waals surface area contributed by atoms with Gasteiger partial charge in [0.2, 0.25) is 5.91 Å². The average molecular weight is 627 g/mol. The molecule has 44 heavy (non-hydrogen) atoms. The number of amides is 2. The van der Waals surface area contributed by atoms with Crippen LogP contribution in [0.3, 0.4) is 0 Å². The summed E-state index contributed by atoms with van der Waals surface area (Å²) in [7, 11) is 0. The lowest BCUT2D eigenvalue weighted by Gasteiger charge is -2.16. The van der Waals surface area contributed by atoms with Gasteiger partial charge in [0.05, 0.1) is 17.7 Å². The molecule has 2 amide bonds. The molecule has 1 atom stereocenters. The zero-order valence-corrected chi connectivity index (χ0v) is 22.9. The molecule has 14 heteroatoms. The summed E-state index contributed by atoms with van der Waals surface area (Å²) in [6.45, 7) is 9.37. The lowest BCUT2D eigenvalue weighted by atomic mass is 10.00. The van der Waals surface area contributed by atoms with Gasteiger partial charge in [-0.1, -0.05) is 37.4 Å². The molecule has 0 aromatic heterocycles. The van der Waals surface area contributed by atoms with Gasteiger partial charge in [0, 0.05) is 11.6 Å². The molecule has 0 saturated carbocycles. The predicted molar refractivity (Wildman–Crippen MR) is 145 cm³/mol. The van der Waals surface area contributed by atoms with Gasteiger partial charge in [-0.15, -0.1) is 0 Å². The number of nitrogens with one attached hydrogen (secondary N) is 2. The van der Waals surface area contributed by atoms with Gasteiger partial charge in [-0.2, -0.15) is 0 Å². The minimum atomic E-state index is -2.49. The molecule has 232 valence electrons. The van der Waals surface area contributed by atoms with Crippen molar-refractivity contribution < 1.29 is 54.6 Å². The van der Waals surface area contributed by atoms with E-state index >= 15 is 0 Å². The van der Waals surface area contributed by atoms with Crippen molar-refractivity contribution in [2.24, 2.45) is 0 Å². The number of benzene rings is 3. The zero-order valence-electron chi connectivity index (χ0n) is 22.9. The van der Waals surface area contributed by atoms with Crippen LogP contribution in [0, 0.1) is 46.5 Å². The summed E-state index contributed by atoms with van der Waals surface area (Å²) in [5, 5.41) is 12.6. The summed E-state index contributed by atoms with van der Waals surface area (Å²) in [6, 6.07) is 6.13. The molecule has 0 heterocycles. The van der Waals surface area contributed by atoms with E-state index in [2.05, 4.69) is 13.2 Å². The van der Waals surface area contributed by atoms with Crippen LogP contribution in [0.25, 0.3) is 17.2 Å². The van der Waals surface area contributed by atoms with Crippen molar-refractivity contribution in [2.45, 2.75) is 26.7 Å². The third-order valence-corrected chi connectivity index (χ3v) is 5.89. The van der Waals surface area contributed by atoms with Crippen LogP contribution < -0.4 is 10.6 Å². The van der Waals surface area contributed by atoms with Crippen molar-refractivity contribution in [3.8, 4) is 11.1 Å². The van der Waals surface area contributed by atoms with E-state index in [4.69, 9.17) is 4.74 Å². The number of carbonyl (C=O) groups is 2. The Labute approximate surface area is 245 Å². The standard InChI is InChI=1S/C30H22F8N2O4/c1-12(2)29(42)40-28-25(37)21(33)18(22(34)26(28)38)17-19(31)23(35)27(24(36)20(17)32)39-16(41)10-9-14-5-7-15(8-6-14)11-44-30(43)13(3)4/h5-10,30,43H,1,3,11H2,2,4H3,(H,39,41)(H,40,42)/b10-9+. The molecular formula is C30H22F8N2O4. The number of aliphatic hydroxyl groups is 1. The number of hydrogen-bond donors (Lipinski definition) is 3. The Balaban J connectivity index is 1.90. The summed E-state index contributed by atoms with van der Waals surface area (Å²) in [5.41, 5.74) is -6.62. The van der Waals surface area contributed by atoms with Crippen LogP contribution >= 0.6 is 0 Å². The highest BCUT2D eigenvalue weighted by atomic mass is 19.2. The number of ether oxygens (including phenoxy) is 1. The van der Waals surface area contributed by atoms with E-state index < -0.39 is 87.1 Å². The summed E-state index contributed by atoms with van der Waals surface area (Å²) in [6.07, 6.45) is 0.718. The van der Waals surface area contributed by atoms with Gasteiger partial charge in [-0.3, -0.25) is 9.59 Å². The molecule has 0 saturated heterocycles. The number of rotatable bonds is 10. The Morgan fingerprint density at radius 1 is 0.773 bits per heavy atom. The summed E-state index contributed by atoms with van der Waals surface area (Å²) >= 11 is 0. The van der Waals surface area contributed by atoms with Crippen LogP contribution in [0.15, 0.2) is 54.6 Å². The molecule has 3 aromatic rings. The lowest BCUT2D eigenvalue weighted by Crippen LogP contribution is -2.18. The second-order valence-corrected chi connectivity index (χ2v) is 9.32. The third-order valence-electron chi connectivity index (χ3n) is 5.89. The maximum Gasteiger partial charge on any atom is 0.250 e. The summed E-state index contributed by atoms with van der Waals surface area (Å²) in [4.78, 5) is 23.9. The summed E-state index contributed by atoms with van der Waals surface area (Å²) in [5.74, 6) is -21.9. The highest BCUT2D eigenvalue weighted by molar-refractivity contribution is 6.03. The van der Waals surface area contributed by atoms with Gasteiger partial charge in [0.25, 0.3) is 5.91 Å². The third kappa shape index (κ3) is 7.03. The second kappa shape index (κ2) is 13.7. The fourth-order valence-corrected chi connectivity index (χ4v) is 3.52. The maximum absolute atomic E-state index is 14.9. The number of hydrogen-bond acceptors (Lipinski definition) is 4. The number of halogens is 8. The van der Waals surface area contributed by atoms with E-state index in [1.54, 1.807) is 24.4 Å². The van der Waals surface area contributed by atoms with Gasteiger partial charge in [0.1, 0.15) is 11.4 Å². The summed E-state index contributed by atoms with van der Waals surface area (Å²) < 4.78 is 123. The topological polar surface area (TPSA) is 87.7 Å². The normalized spacial score (nSPS) is 11.9. The molecule has 0 spiro atoms. The fourth-order valence-electron chi connectivity index (χ4n) is 3.52. The van der Waals surface area contributed by atoms with Gasteiger partial charge in [-0.25, -0.2) is 35.1 Å². The lowest BCUT2D eigenvalue weighted by molar-refractivity contribution is -0.113. The van der Waals surface area contributed by atoms with Crippen molar-refractivity contribution in [3.63, 3.8) is 0 Å². The maximum atomic E-state index is 14.9. The van der Waals surface area contributed by atoms with Gasteiger partial charge in [0.15, 0.2) is 52.8 Å². The molecule has 0 radical (unpaired) electrons.